The van der Waals surface area contributed by atoms with Gasteiger partial charge in [-0.1, -0.05) is 25.5 Å². The summed E-state index contributed by atoms with van der Waals surface area (Å²) >= 11 is 0. The Bertz CT molecular complexity index is 456. The first-order chi connectivity index (χ1) is 8.97. The number of rotatable bonds is 6. The van der Waals surface area contributed by atoms with Gasteiger partial charge in [0.15, 0.2) is 0 Å². The van der Waals surface area contributed by atoms with E-state index in [0.717, 1.165) is 12.8 Å². The van der Waals surface area contributed by atoms with Crippen LogP contribution in [0.5, 0.6) is 5.75 Å². The van der Waals surface area contributed by atoms with Crippen LogP contribution in [-0.2, 0) is 9.53 Å². The third-order valence-corrected chi connectivity index (χ3v) is 2.83. The molecular weight excluding hydrogens is 242 g/mol. The summed E-state index contributed by atoms with van der Waals surface area (Å²) in [5, 5.41) is 9.68. The summed E-state index contributed by atoms with van der Waals surface area (Å²) < 4.78 is 5.06. The Hall–Kier alpha value is -1.84. The van der Waals surface area contributed by atoms with Crippen molar-refractivity contribution in [2.24, 2.45) is 4.99 Å². The van der Waals surface area contributed by atoms with Crippen molar-refractivity contribution in [2.45, 2.75) is 39.2 Å². The number of ether oxygens (including phenoxy) is 1. The van der Waals surface area contributed by atoms with E-state index in [0.29, 0.717) is 5.56 Å². The van der Waals surface area contributed by atoms with Crippen molar-refractivity contribution < 1.29 is 14.6 Å². The SMILES string of the molecule is CCCC(C)(COC(C)=O)N=Cc1ccccc1O. The normalized spacial score (nSPS) is 14.3. The first kappa shape index (κ1) is 15.2. The lowest BCUT2D eigenvalue weighted by molar-refractivity contribution is -0.142. The van der Waals surface area contributed by atoms with Crippen molar-refractivity contribution in [3.63, 3.8) is 0 Å². The number of benzene rings is 1. The highest BCUT2D eigenvalue weighted by molar-refractivity contribution is 5.83. The number of nitrogens with zero attached hydrogens (tertiary/aromatic N) is 1. The predicted molar refractivity (Wildman–Crippen MR) is 75.6 cm³/mol. The summed E-state index contributed by atoms with van der Waals surface area (Å²) in [6.45, 7) is 5.64. The van der Waals surface area contributed by atoms with E-state index in [-0.39, 0.29) is 18.3 Å². The molecule has 0 aromatic heterocycles. The summed E-state index contributed by atoms with van der Waals surface area (Å²) in [6, 6.07) is 7.00. The fourth-order valence-corrected chi connectivity index (χ4v) is 1.79. The second kappa shape index (κ2) is 6.92. The molecule has 4 heteroatoms. The first-order valence-electron chi connectivity index (χ1n) is 6.43. The van der Waals surface area contributed by atoms with Gasteiger partial charge in [0.1, 0.15) is 12.4 Å². The molecule has 0 amide bonds. The molecule has 0 aliphatic carbocycles. The van der Waals surface area contributed by atoms with Crippen molar-refractivity contribution in [1.29, 1.82) is 0 Å². The zero-order valence-electron chi connectivity index (χ0n) is 11.7. The van der Waals surface area contributed by atoms with Crippen molar-refractivity contribution in [2.75, 3.05) is 6.61 Å². The quantitative estimate of drug-likeness (QED) is 0.634. The molecule has 0 aliphatic heterocycles. The zero-order chi connectivity index (χ0) is 14.3. The average Bonchev–Trinajstić information content (AvgIpc) is 2.36. The monoisotopic (exact) mass is 263 g/mol. The fraction of sp³-hybridized carbons (Fsp3) is 0.467. The molecule has 1 unspecified atom stereocenters. The lowest BCUT2D eigenvalue weighted by Gasteiger charge is -2.24. The smallest absolute Gasteiger partial charge is 0.302 e. The van der Waals surface area contributed by atoms with E-state index in [9.17, 15) is 9.90 Å². The molecule has 1 aromatic rings. The number of hydrogen-bond acceptors (Lipinski definition) is 4. The van der Waals surface area contributed by atoms with Gasteiger partial charge in [-0.3, -0.25) is 9.79 Å². The number of phenolic OH excluding ortho intramolecular Hbond substituents is 1. The Labute approximate surface area is 114 Å². The van der Waals surface area contributed by atoms with Gasteiger partial charge in [0.05, 0.1) is 5.54 Å². The van der Waals surface area contributed by atoms with Crippen LogP contribution in [0.2, 0.25) is 0 Å². The van der Waals surface area contributed by atoms with Crippen LogP contribution in [-0.4, -0.2) is 29.4 Å². The van der Waals surface area contributed by atoms with Crippen LogP contribution < -0.4 is 0 Å². The molecule has 104 valence electrons. The maximum atomic E-state index is 10.9. The van der Waals surface area contributed by atoms with E-state index in [1.54, 1.807) is 24.4 Å². The van der Waals surface area contributed by atoms with Crippen LogP contribution in [0.4, 0.5) is 0 Å². The van der Waals surface area contributed by atoms with E-state index < -0.39 is 5.54 Å². The highest BCUT2D eigenvalue weighted by Crippen LogP contribution is 2.20. The standard InChI is InChI=1S/C15H21NO3/c1-4-9-15(3,11-19-12(2)17)16-10-13-7-5-6-8-14(13)18/h5-8,10,18H,4,9,11H2,1-3H3. The molecule has 0 bridgehead atoms. The minimum atomic E-state index is -0.456. The van der Waals surface area contributed by atoms with Gasteiger partial charge in [-0.2, -0.15) is 0 Å². The van der Waals surface area contributed by atoms with E-state index in [1.165, 1.54) is 6.92 Å². The number of aliphatic imine (C=N–C) groups is 1. The van der Waals surface area contributed by atoms with Gasteiger partial charge in [0, 0.05) is 18.7 Å². The Morgan fingerprint density at radius 3 is 2.74 bits per heavy atom. The maximum absolute atomic E-state index is 10.9. The number of carbonyl (C=O) groups is 1. The van der Waals surface area contributed by atoms with Crippen molar-refractivity contribution in [3.8, 4) is 5.75 Å². The van der Waals surface area contributed by atoms with Gasteiger partial charge < -0.3 is 9.84 Å². The molecule has 0 radical (unpaired) electrons. The Morgan fingerprint density at radius 2 is 2.16 bits per heavy atom. The average molecular weight is 263 g/mol. The van der Waals surface area contributed by atoms with E-state index in [2.05, 4.69) is 11.9 Å². The van der Waals surface area contributed by atoms with E-state index >= 15 is 0 Å². The Kier molecular flexibility index (Phi) is 5.55. The highest BCUT2D eigenvalue weighted by Gasteiger charge is 2.23. The van der Waals surface area contributed by atoms with Gasteiger partial charge in [-0.25, -0.2) is 0 Å². The molecule has 0 heterocycles. The lowest BCUT2D eigenvalue weighted by atomic mass is 9.98. The van der Waals surface area contributed by atoms with Crippen LogP contribution in [0.15, 0.2) is 29.3 Å². The molecule has 1 aromatic carbocycles. The third kappa shape index (κ3) is 5.12. The van der Waals surface area contributed by atoms with Gasteiger partial charge in [-0.05, 0) is 25.5 Å². The molecule has 0 spiro atoms. The van der Waals surface area contributed by atoms with Crippen LogP contribution in [0.3, 0.4) is 0 Å². The molecule has 19 heavy (non-hydrogen) atoms. The summed E-state index contributed by atoms with van der Waals surface area (Å²) in [7, 11) is 0. The highest BCUT2D eigenvalue weighted by atomic mass is 16.5. The predicted octanol–water partition coefficient (Wildman–Crippen LogP) is 2.93. The number of carbonyl (C=O) groups excluding carboxylic acids is 1. The molecule has 1 rings (SSSR count). The second-order valence-corrected chi connectivity index (χ2v) is 4.84. The van der Waals surface area contributed by atoms with Crippen molar-refractivity contribution >= 4 is 12.2 Å². The topological polar surface area (TPSA) is 58.9 Å². The van der Waals surface area contributed by atoms with Gasteiger partial charge in [0.25, 0.3) is 0 Å². The Morgan fingerprint density at radius 1 is 1.47 bits per heavy atom. The Balaban J connectivity index is 2.82. The number of phenols is 1. The molecule has 0 saturated carbocycles. The van der Waals surface area contributed by atoms with Crippen LogP contribution in [0.1, 0.15) is 39.2 Å². The summed E-state index contributed by atoms with van der Waals surface area (Å²) in [4.78, 5) is 15.4. The van der Waals surface area contributed by atoms with Crippen LogP contribution in [0.25, 0.3) is 0 Å². The van der Waals surface area contributed by atoms with Crippen molar-refractivity contribution in [3.05, 3.63) is 29.8 Å². The van der Waals surface area contributed by atoms with Gasteiger partial charge in [0.2, 0.25) is 0 Å². The van der Waals surface area contributed by atoms with Crippen LogP contribution in [0, 0.1) is 0 Å². The largest absolute Gasteiger partial charge is 0.507 e. The molecule has 0 saturated heterocycles. The van der Waals surface area contributed by atoms with E-state index in [1.807, 2.05) is 13.0 Å². The second-order valence-electron chi connectivity index (χ2n) is 4.84. The number of aromatic hydroxyl groups is 1. The summed E-state index contributed by atoms with van der Waals surface area (Å²) in [5.41, 5.74) is 0.204. The van der Waals surface area contributed by atoms with Crippen molar-refractivity contribution in [1.82, 2.24) is 0 Å². The number of esters is 1. The van der Waals surface area contributed by atoms with Gasteiger partial charge in [-0.15, -0.1) is 0 Å². The first-order valence-corrected chi connectivity index (χ1v) is 6.43. The molecular formula is C15H21NO3. The molecule has 1 atom stereocenters. The van der Waals surface area contributed by atoms with Crippen LogP contribution >= 0.6 is 0 Å². The fourth-order valence-electron chi connectivity index (χ4n) is 1.79. The molecule has 0 aliphatic rings. The molecule has 1 N–H and O–H groups in total. The maximum Gasteiger partial charge on any atom is 0.302 e. The van der Waals surface area contributed by atoms with Gasteiger partial charge >= 0.3 is 5.97 Å². The number of para-hydroxylation sites is 1. The summed E-state index contributed by atoms with van der Waals surface area (Å²) in [5.74, 6) is -0.113. The molecule has 4 nitrogen and oxygen atoms in total. The lowest BCUT2D eigenvalue weighted by Crippen LogP contribution is -2.30. The summed E-state index contributed by atoms with van der Waals surface area (Å²) in [6.07, 6.45) is 3.38. The van der Waals surface area contributed by atoms with E-state index in [4.69, 9.17) is 4.74 Å². The molecule has 0 fully saturated rings. The number of hydrogen-bond donors (Lipinski definition) is 1. The minimum absolute atomic E-state index is 0.192. The zero-order valence-corrected chi connectivity index (χ0v) is 11.7. The minimum Gasteiger partial charge on any atom is -0.507 e. The third-order valence-electron chi connectivity index (χ3n) is 2.83.